The van der Waals surface area contributed by atoms with Crippen LogP contribution in [0.3, 0.4) is 0 Å². The first-order chi connectivity index (χ1) is 10.7. The molecule has 2 saturated heterocycles. The molecule has 2 fully saturated rings. The molecule has 1 aromatic rings. The van der Waals surface area contributed by atoms with E-state index in [-0.39, 0.29) is 11.3 Å². The van der Waals surface area contributed by atoms with Crippen LogP contribution in [0.25, 0.3) is 0 Å². The van der Waals surface area contributed by atoms with Crippen LogP contribution in [0.1, 0.15) is 41.9 Å². The molecular formula is C16H25N3O3. The molecule has 0 unspecified atom stereocenters. The van der Waals surface area contributed by atoms with Gasteiger partial charge < -0.3 is 19.5 Å². The Morgan fingerprint density at radius 1 is 1.36 bits per heavy atom. The highest BCUT2D eigenvalue weighted by Gasteiger charge is 2.35. The Bertz CT molecular complexity index is 502. The highest BCUT2D eigenvalue weighted by molar-refractivity contribution is 5.91. The molecule has 6 nitrogen and oxygen atoms in total. The number of nitrogens with zero attached hydrogens (tertiary/aromatic N) is 2. The van der Waals surface area contributed by atoms with Crippen molar-refractivity contribution in [2.45, 2.75) is 32.6 Å². The summed E-state index contributed by atoms with van der Waals surface area (Å²) in [5.41, 5.74) is 0.843. The highest BCUT2D eigenvalue weighted by atomic mass is 16.5. The van der Waals surface area contributed by atoms with Crippen molar-refractivity contribution in [3.63, 3.8) is 0 Å². The third-order valence-corrected chi connectivity index (χ3v) is 4.79. The number of hydrogen-bond acceptors (Lipinski definition) is 5. The lowest BCUT2D eigenvalue weighted by Crippen LogP contribution is -2.48. The molecule has 2 aliphatic rings. The van der Waals surface area contributed by atoms with E-state index in [4.69, 9.17) is 9.26 Å². The second-order valence-electron chi connectivity index (χ2n) is 6.61. The molecule has 0 atom stereocenters. The lowest BCUT2D eigenvalue weighted by atomic mass is 9.79. The molecule has 122 valence electrons. The molecule has 1 amide bonds. The van der Waals surface area contributed by atoms with Gasteiger partial charge in [-0.3, -0.25) is 4.79 Å². The molecule has 0 bridgehead atoms. The van der Waals surface area contributed by atoms with Gasteiger partial charge in [0.2, 0.25) is 5.76 Å². The zero-order chi connectivity index (χ0) is 15.4. The summed E-state index contributed by atoms with van der Waals surface area (Å²) in [7, 11) is 0. The van der Waals surface area contributed by atoms with E-state index in [1.54, 1.807) is 6.07 Å². The van der Waals surface area contributed by atoms with Crippen molar-refractivity contribution in [2.24, 2.45) is 5.41 Å². The molecular weight excluding hydrogens is 282 g/mol. The quantitative estimate of drug-likeness (QED) is 0.895. The fraction of sp³-hybridized carbons (Fsp3) is 0.750. The summed E-state index contributed by atoms with van der Waals surface area (Å²) in [6, 6.07) is 1.67. The van der Waals surface area contributed by atoms with Crippen molar-refractivity contribution in [1.82, 2.24) is 15.4 Å². The van der Waals surface area contributed by atoms with Gasteiger partial charge in [-0.1, -0.05) is 5.16 Å². The van der Waals surface area contributed by atoms with Crippen LogP contribution in [0, 0.1) is 12.3 Å². The Hall–Kier alpha value is -1.40. The molecule has 1 N–H and O–H groups in total. The van der Waals surface area contributed by atoms with Crippen molar-refractivity contribution in [3.8, 4) is 0 Å². The van der Waals surface area contributed by atoms with Gasteiger partial charge in [0.15, 0.2) is 0 Å². The van der Waals surface area contributed by atoms with Gasteiger partial charge in [0.05, 0.1) is 5.69 Å². The van der Waals surface area contributed by atoms with Crippen LogP contribution >= 0.6 is 0 Å². The van der Waals surface area contributed by atoms with Crippen LogP contribution in [0.4, 0.5) is 0 Å². The lowest BCUT2D eigenvalue weighted by Gasteiger charge is -2.40. The van der Waals surface area contributed by atoms with Crippen LogP contribution < -0.4 is 5.32 Å². The summed E-state index contributed by atoms with van der Waals surface area (Å²) in [4.78, 5) is 14.7. The monoisotopic (exact) mass is 307 g/mol. The second-order valence-corrected chi connectivity index (χ2v) is 6.61. The van der Waals surface area contributed by atoms with Crippen LogP contribution in [0.2, 0.25) is 0 Å². The number of hydrogen-bond donors (Lipinski definition) is 1. The summed E-state index contributed by atoms with van der Waals surface area (Å²) in [6.45, 7) is 7.46. The van der Waals surface area contributed by atoms with E-state index in [0.29, 0.717) is 12.3 Å². The topological polar surface area (TPSA) is 67.6 Å². The van der Waals surface area contributed by atoms with Crippen LogP contribution in [-0.2, 0) is 4.74 Å². The molecule has 3 rings (SSSR count). The summed E-state index contributed by atoms with van der Waals surface area (Å²) in [5.74, 6) is 0.119. The SMILES string of the molecule is Cc1cc(C(=O)NCC2(CN3CCCC3)CCOCC2)on1. The molecule has 0 radical (unpaired) electrons. The summed E-state index contributed by atoms with van der Waals surface area (Å²) in [6.07, 6.45) is 4.57. The predicted octanol–water partition coefficient (Wildman–Crippen LogP) is 1.61. The Balaban J connectivity index is 1.60. The summed E-state index contributed by atoms with van der Waals surface area (Å²) >= 11 is 0. The van der Waals surface area contributed by atoms with Gasteiger partial charge in [-0.25, -0.2) is 0 Å². The molecule has 1 aromatic heterocycles. The maximum atomic E-state index is 12.2. The zero-order valence-electron chi connectivity index (χ0n) is 13.3. The maximum Gasteiger partial charge on any atom is 0.289 e. The van der Waals surface area contributed by atoms with Crippen molar-refractivity contribution in [3.05, 3.63) is 17.5 Å². The Morgan fingerprint density at radius 3 is 2.73 bits per heavy atom. The van der Waals surface area contributed by atoms with Gasteiger partial charge in [0, 0.05) is 37.8 Å². The zero-order valence-corrected chi connectivity index (χ0v) is 13.3. The van der Waals surface area contributed by atoms with Gasteiger partial charge in [0.1, 0.15) is 0 Å². The molecule has 22 heavy (non-hydrogen) atoms. The van der Waals surface area contributed by atoms with Crippen LogP contribution in [0.5, 0.6) is 0 Å². The normalized spacial score (nSPS) is 21.9. The molecule has 3 heterocycles. The Kier molecular flexibility index (Phi) is 4.78. The Morgan fingerprint density at radius 2 is 2.09 bits per heavy atom. The molecule has 0 aliphatic carbocycles. The smallest absolute Gasteiger partial charge is 0.289 e. The standard InChI is InChI=1S/C16H25N3O3/c1-13-10-14(22-18-13)15(20)17-11-16(4-8-21-9-5-16)12-19-6-2-3-7-19/h10H,2-9,11-12H2,1H3,(H,17,20). The average Bonchev–Trinajstić information content (AvgIpc) is 3.17. The first kappa shape index (κ1) is 15.5. The molecule has 2 aliphatic heterocycles. The summed E-state index contributed by atoms with van der Waals surface area (Å²) < 4.78 is 10.6. The highest BCUT2D eigenvalue weighted by Crippen LogP contribution is 2.32. The average molecular weight is 307 g/mol. The number of carbonyl (C=O) groups excluding carboxylic acids is 1. The number of ether oxygens (including phenoxy) is 1. The minimum atomic E-state index is -0.173. The van der Waals surface area contributed by atoms with Gasteiger partial charge >= 0.3 is 0 Å². The fourth-order valence-corrected chi connectivity index (χ4v) is 3.44. The third kappa shape index (κ3) is 3.67. The maximum absolute atomic E-state index is 12.2. The largest absolute Gasteiger partial charge is 0.381 e. The van der Waals surface area contributed by atoms with E-state index >= 15 is 0 Å². The summed E-state index contributed by atoms with van der Waals surface area (Å²) in [5, 5.41) is 6.81. The van der Waals surface area contributed by atoms with Crippen molar-refractivity contribution in [1.29, 1.82) is 0 Å². The van der Waals surface area contributed by atoms with E-state index in [2.05, 4.69) is 15.4 Å². The van der Waals surface area contributed by atoms with Gasteiger partial charge in [-0.05, 0) is 45.7 Å². The fourth-order valence-electron chi connectivity index (χ4n) is 3.44. The van der Waals surface area contributed by atoms with E-state index in [9.17, 15) is 4.79 Å². The Labute approximate surface area is 131 Å². The predicted molar refractivity (Wildman–Crippen MR) is 81.7 cm³/mol. The van der Waals surface area contributed by atoms with E-state index in [1.165, 1.54) is 25.9 Å². The van der Waals surface area contributed by atoms with Crippen LogP contribution in [-0.4, -0.2) is 55.4 Å². The number of amides is 1. The van der Waals surface area contributed by atoms with Crippen molar-refractivity contribution >= 4 is 5.91 Å². The first-order valence-corrected chi connectivity index (χ1v) is 8.19. The number of rotatable bonds is 5. The number of carbonyl (C=O) groups is 1. The lowest BCUT2D eigenvalue weighted by molar-refractivity contribution is -0.000784. The van der Waals surface area contributed by atoms with Crippen molar-refractivity contribution < 1.29 is 14.1 Å². The molecule has 6 heteroatoms. The van der Waals surface area contributed by atoms with E-state index < -0.39 is 0 Å². The number of aryl methyl sites for hydroxylation is 1. The van der Waals surface area contributed by atoms with Gasteiger partial charge in [-0.15, -0.1) is 0 Å². The number of likely N-dealkylation sites (tertiary alicyclic amines) is 1. The molecule has 0 saturated carbocycles. The minimum Gasteiger partial charge on any atom is -0.381 e. The van der Waals surface area contributed by atoms with Crippen LogP contribution in [0.15, 0.2) is 10.6 Å². The van der Waals surface area contributed by atoms with Gasteiger partial charge in [-0.2, -0.15) is 0 Å². The molecule has 0 aromatic carbocycles. The second kappa shape index (κ2) is 6.79. The van der Waals surface area contributed by atoms with Crippen molar-refractivity contribution in [2.75, 3.05) is 39.4 Å². The molecule has 0 spiro atoms. The van der Waals surface area contributed by atoms with E-state index in [1.807, 2.05) is 6.92 Å². The number of aromatic nitrogens is 1. The third-order valence-electron chi connectivity index (χ3n) is 4.79. The minimum absolute atomic E-state index is 0.118. The van der Waals surface area contributed by atoms with Gasteiger partial charge in [0.25, 0.3) is 5.91 Å². The first-order valence-electron chi connectivity index (χ1n) is 8.19. The number of nitrogens with one attached hydrogen (secondary N) is 1. The van der Waals surface area contributed by atoms with E-state index in [0.717, 1.165) is 38.3 Å².